The molecular formula is C32H45NO5S2. The van der Waals surface area contributed by atoms with Crippen LogP contribution >= 0.6 is 11.3 Å². The number of aliphatic hydroxyl groups is 2. The molecule has 8 heteroatoms. The lowest BCUT2D eigenvalue weighted by Gasteiger charge is -2.45. The highest BCUT2D eigenvalue weighted by molar-refractivity contribution is 7.88. The van der Waals surface area contributed by atoms with E-state index in [2.05, 4.69) is 19.9 Å². The summed E-state index contributed by atoms with van der Waals surface area (Å²) in [6.07, 6.45) is 7.98. The molecule has 3 aliphatic rings. The molecule has 2 bridgehead atoms. The number of aliphatic hydroxyl groups excluding tert-OH is 1. The number of sulfonamides is 1. The van der Waals surface area contributed by atoms with E-state index >= 15 is 0 Å². The first-order chi connectivity index (χ1) is 18.8. The molecule has 1 fully saturated rings. The SMILES string of the molecule is CCCN(C[C@]1(O)CC[C@H]2c3ccc(cc3C(=O)c3ccc(C)s3)C[C@@H](O)CCC(C)=CCC[C@@]21C)S(C)(=O)=O. The number of benzene rings is 1. The Morgan fingerprint density at radius 1 is 1.15 bits per heavy atom. The summed E-state index contributed by atoms with van der Waals surface area (Å²) < 4.78 is 26.8. The molecule has 2 aromatic rings. The summed E-state index contributed by atoms with van der Waals surface area (Å²) in [7, 11) is -3.50. The number of ketones is 1. The molecule has 4 atom stereocenters. The molecule has 0 unspecified atom stereocenters. The third kappa shape index (κ3) is 6.46. The van der Waals surface area contributed by atoms with Gasteiger partial charge in [-0.15, -0.1) is 11.3 Å². The van der Waals surface area contributed by atoms with Crippen molar-refractivity contribution in [3.8, 4) is 0 Å². The van der Waals surface area contributed by atoms with E-state index in [1.807, 2.05) is 44.2 Å². The zero-order valence-corrected chi connectivity index (χ0v) is 26.2. The van der Waals surface area contributed by atoms with Crippen LogP contribution in [0.4, 0.5) is 0 Å². The van der Waals surface area contributed by atoms with Gasteiger partial charge < -0.3 is 10.2 Å². The number of thiophene rings is 1. The highest BCUT2D eigenvalue weighted by Gasteiger charge is 2.57. The second kappa shape index (κ2) is 12.2. The monoisotopic (exact) mass is 587 g/mol. The van der Waals surface area contributed by atoms with E-state index in [-0.39, 0.29) is 18.2 Å². The number of aryl methyl sites for hydroxylation is 1. The van der Waals surface area contributed by atoms with Crippen LogP contribution in [-0.2, 0) is 16.4 Å². The predicted molar refractivity (Wildman–Crippen MR) is 163 cm³/mol. The molecule has 220 valence electrons. The quantitative estimate of drug-likeness (QED) is 0.306. The van der Waals surface area contributed by atoms with E-state index in [0.29, 0.717) is 55.5 Å². The van der Waals surface area contributed by atoms with Gasteiger partial charge in [0.15, 0.2) is 0 Å². The first-order valence-electron chi connectivity index (χ1n) is 14.5. The third-order valence-electron chi connectivity index (χ3n) is 9.26. The van der Waals surface area contributed by atoms with Gasteiger partial charge in [-0.05, 0) is 100 Å². The standard InChI is InChI=1S/C32H45NO5S2/c1-6-18-33(40(5,37)38)21-32(36)17-15-28-26-13-11-24(20-27(26)30(35)29-14-10-23(3)39-29)19-25(34)12-9-22(2)8-7-16-31(28,32)4/h8,10-11,13-14,20,25,28,34,36H,6-7,9,12,15-19,21H2,1-5H3/t25-,28-,31-,32+/m0/s1. The maximum atomic E-state index is 14.0. The fourth-order valence-corrected chi connectivity index (χ4v) is 8.57. The molecule has 3 aliphatic carbocycles. The van der Waals surface area contributed by atoms with Crippen molar-refractivity contribution in [1.29, 1.82) is 0 Å². The van der Waals surface area contributed by atoms with E-state index < -0.39 is 27.1 Å². The van der Waals surface area contributed by atoms with Crippen LogP contribution in [0.3, 0.4) is 0 Å². The minimum Gasteiger partial charge on any atom is -0.393 e. The van der Waals surface area contributed by atoms with Crippen LogP contribution < -0.4 is 0 Å². The van der Waals surface area contributed by atoms with Gasteiger partial charge in [-0.25, -0.2) is 8.42 Å². The zero-order valence-electron chi connectivity index (χ0n) is 24.6. The lowest BCUT2D eigenvalue weighted by molar-refractivity contribution is -0.0723. The second-order valence-corrected chi connectivity index (χ2v) is 15.6. The maximum Gasteiger partial charge on any atom is 0.211 e. The smallest absolute Gasteiger partial charge is 0.211 e. The topological polar surface area (TPSA) is 94.9 Å². The average Bonchev–Trinajstić information content (AvgIpc) is 3.42. The minimum atomic E-state index is -3.50. The third-order valence-corrected chi connectivity index (χ3v) is 11.5. The number of fused-ring (bicyclic) bond motifs is 8. The number of allylic oxidation sites excluding steroid dienone is 2. The van der Waals surface area contributed by atoms with Crippen molar-refractivity contribution in [3.05, 3.63) is 68.4 Å². The highest BCUT2D eigenvalue weighted by atomic mass is 32.2. The van der Waals surface area contributed by atoms with Crippen LogP contribution in [0.25, 0.3) is 0 Å². The minimum absolute atomic E-state index is 0.0335. The summed E-state index contributed by atoms with van der Waals surface area (Å²) in [4.78, 5) is 15.7. The Morgan fingerprint density at radius 3 is 2.55 bits per heavy atom. The summed E-state index contributed by atoms with van der Waals surface area (Å²) >= 11 is 1.48. The van der Waals surface area contributed by atoms with Crippen molar-refractivity contribution in [2.75, 3.05) is 19.3 Å². The van der Waals surface area contributed by atoms with E-state index in [0.717, 1.165) is 28.8 Å². The van der Waals surface area contributed by atoms with Crippen LogP contribution in [-0.4, -0.2) is 59.8 Å². The molecular weight excluding hydrogens is 542 g/mol. The zero-order chi connectivity index (χ0) is 29.3. The molecule has 2 N–H and O–H groups in total. The van der Waals surface area contributed by atoms with Crippen LogP contribution in [0.15, 0.2) is 42.0 Å². The number of hydrogen-bond donors (Lipinski definition) is 2. The Labute approximate surface area is 244 Å². The van der Waals surface area contributed by atoms with Crippen molar-refractivity contribution in [3.63, 3.8) is 0 Å². The van der Waals surface area contributed by atoms with Crippen molar-refractivity contribution in [2.24, 2.45) is 5.41 Å². The van der Waals surface area contributed by atoms with Crippen molar-refractivity contribution >= 4 is 27.1 Å². The summed E-state index contributed by atoms with van der Waals surface area (Å²) in [6, 6.07) is 9.82. The van der Waals surface area contributed by atoms with Gasteiger partial charge in [-0.2, -0.15) is 4.31 Å². The Hall–Kier alpha value is -1.84. The Kier molecular flexibility index (Phi) is 9.47. The highest BCUT2D eigenvalue weighted by Crippen LogP contribution is 2.59. The van der Waals surface area contributed by atoms with E-state index in [1.54, 1.807) is 0 Å². The van der Waals surface area contributed by atoms with Gasteiger partial charge in [0.1, 0.15) is 0 Å². The normalized spacial score (nSPS) is 27.9. The molecule has 0 aliphatic heterocycles. The predicted octanol–water partition coefficient (Wildman–Crippen LogP) is 6.00. The molecule has 0 radical (unpaired) electrons. The molecule has 1 saturated carbocycles. The summed E-state index contributed by atoms with van der Waals surface area (Å²) in [5.74, 6) is -0.162. The number of nitrogens with zero attached hydrogens (tertiary/aromatic N) is 1. The van der Waals surface area contributed by atoms with Gasteiger partial charge >= 0.3 is 0 Å². The van der Waals surface area contributed by atoms with Crippen molar-refractivity contribution in [2.45, 2.75) is 96.7 Å². The number of hydrogen-bond acceptors (Lipinski definition) is 6. The van der Waals surface area contributed by atoms with E-state index in [1.165, 1.54) is 27.5 Å². The summed E-state index contributed by atoms with van der Waals surface area (Å²) in [5.41, 5.74) is 1.76. The molecule has 0 amide bonds. The Bertz CT molecular complexity index is 1360. The molecule has 5 rings (SSSR count). The summed E-state index contributed by atoms with van der Waals surface area (Å²) in [6.45, 7) is 8.51. The van der Waals surface area contributed by atoms with Gasteiger partial charge in [-0.3, -0.25) is 4.79 Å². The largest absolute Gasteiger partial charge is 0.393 e. The summed E-state index contributed by atoms with van der Waals surface area (Å²) in [5, 5.41) is 23.1. The molecule has 1 aromatic carbocycles. The van der Waals surface area contributed by atoms with Crippen LogP contribution in [0.1, 0.15) is 103 Å². The lowest BCUT2D eigenvalue weighted by Crippen LogP contribution is -2.53. The van der Waals surface area contributed by atoms with Crippen LogP contribution in [0.5, 0.6) is 0 Å². The van der Waals surface area contributed by atoms with Crippen LogP contribution in [0, 0.1) is 12.3 Å². The van der Waals surface area contributed by atoms with Gasteiger partial charge in [0.2, 0.25) is 15.8 Å². The van der Waals surface area contributed by atoms with Crippen LogP contribution in [0.2, 0.25) is 0 Å². The lowest BCUT2D eigenvalue weighted by atomic mass is 9.65. The fourth-order valence-electron chi connectivity index (χ4n) is 6.79. The Balaban J connectivity index is 1.85. The Morgan fingerprint density at radius 2 is 1.90 bits per heavy atom. The van der Waals surface area contributed by atoms with Gasteiger partial charge in [-0.1, -0.05) is 37.6 Å². The van der Waals surface area contributed by atoms with Gasteiger partial charge in [0.05, 0.1) is 22.8 Å². The number of carbonyl (C=O) groups is 1. The first kappa shape index (κ1) is 31.1. The molecule has 0 spiro atoms. The molecule has 1 heterocycles. The molecule has 1 aromatic heterocycles. The first-order valence-corrected chi connectivity index (χ1v) is 17.2. The molecule has 6 nitrogen and oxygen atoms in total. The number of rotatable bonds is 7. The fraction of sp³-hybridized carbons (Fsp3) is 0.594. The maximum absolute atomic E-state index is 14.0. The molecule has 40 heavy (non-hydrogen) atoms. The van der Waals surface area contributed by atoms with Crippen molar-refractivity contribution < 1.29 is 23.4 Å². The van der Waals surface area contributed by atoms with E-state index in [4.69, 9.17) is 0 Å². The van der Waals surface area contributed by atoms with Crippen molar-refractivity contribution in [1.82, 2.24) is 4.31 Å². The number of carbonyl (C=O) groups excluding carboxylic acids is 1. The molecule has 0 saturated heterocycles. The van der Waals surface area contributed by atoms with Gasteiger partial charge in [0, 0.05) is 28.9 Å². The van der Waals surface area contributed by atoms with E-state index in [9.17, 15) is 23.4 Å². The van der Waals surface area contributed by atoms with Gasteiger partial charge in [0.25, 0.3) is 0 Å². The average molecular weight is 588 g/mol. The second-order valence-electron chi connectivity index (χ2n) is 12.3.